The smallest absolute Gasteiger partial charge is 0.407 e. The molecule has 0 saturated carbocycles. The van der Waals surface area contributed by atoms with Gasteiger partial charge in [-0.15, -0.1) is 6.58 Å². The summed E-state index contributed by atoms with van der Waals surface area (Å²) in [4.78, 5) is 26.4. The summed E-state index contributed by atoms with van der Waals surface area (Å²) in [5, 5.41) is 11.9. The Kier molecular flexibility index (Phi) is 10.3. The van der Waals surface area contributed by atoms with E-state index >= 15 is 0 Å². The van der Waals surface area contributed by atoms with Crippen molar-refractivity contribution in [2.24, 2.45) is 0 Å². The van der Waals surface area contributed by atoms with Crippen molar-refractivity contribution in [3.05, 3.63) is 48.6 Å². The molecule has 0 radical (unpaired) electrons. The average Bonchev–Trinajstić information content (AvgIpc) is 2.64. The maximum Gasteiger partial charge on any atom is 0.407 e. The molecule has 0 bridgehead atoms. The topological polar surface area (TPSA) is 88.1 Å². The van der Waals surface area contributed by atoms with Crippen LogP contribution in [-0.4, -0.2) is 60.0 Å². The number of alkyl carbamates (subject to hydrolysis) is 1. The van der Waals surface area contributed by atoms with Gasteiger partial charge in [0.25, 0.3) is 5.91 Å². The van der Waals surface area contributed by atoms with E-state index in [0.29, 0.717) is 13.0 Å². The Morgan fingerprint density at radius 2 is 1.93 bits per heavy atom. The highest BCUT2D eigenvalue weighted by atomic mass is 16.6. The molecule has 0 spiro atoms. The van der Waals surface area contributed by atoms with Crippen LogP contribution in [0.2, 0.25) is 0 Å². The molecular formula is C21H32N2O5. The minimum absolute atomic E-state index is 0.0312. The zero-order valence-corrected chi connectivity index (χ0v) is 17.0. The number of hydrogen-bond donors (Lipinski definition) is 2. The second kappa shape index (κ2) is 12.2. The fourth-order valence-electron chi connectivity index (χ4n) is 2.38. The summed E-state index contributed by atoms with van der Waals surface area (Å²) in [6, 6.07) is 9.46. The molecule has 0 saturated heterocycles. The number of amides is 2. The fraction of sp³-hybridized carbons (Fsp3) is 0.524. The second-order valence-electron chi connectivity index (χ2n) is 7.29. The van der Waals surface area contributed by atoms with Gasteiger partial charge in [0.15, 0.2) is 6.10 Å². The van der Waals surface area contributed by atoms with Crippen molar-refractivity contribution in [2.75, 3.05) is 26.2 Å². The van der Waals surface area contributed by atoms with Gasteiger partial charge in [-0.25, -0.2) is 4.79 Å². The molecule has 1 atom stereocenters. The van der Waals surface area contributed by atoms with Gasteiger partial charge in [0.05, 0.1) is 19.8 Å². The van der Waals surface area contributed by atoms with Crippen LogP contribution in [0.4, 0.5) is 4.79 Å². The molecule has 0 aromatic heterocycles. The number of aliphatic hydroxyl groups is 1. The molecule has 0 heterocycles. The maximum absolute atomic E-state index is 12.9. The third-order valence-electron chi connectivity index (χ3n) is 3.68. The Labute approximate surface area is 167 Å². The van der Waals surface area contributed by atoms with Crippen LogP contribution in [-0.2, 0) is 20.9 Å². The Morgan fingerprint density at radius 3 is 2.50 bits per heavy atom. The van der Waals surface area contributed by atoms with Crippen LogP contribution in [0.15, 0.2) is 43.0 Å². The van der Waals surface area contributed by atoms with Gasteiger partial charge in [0.1, 0.15) is 5.60 Å². The number of benzene rings is 1. The molecule has 1 aromatic carbocycles. The standard InChI is InChI=1S/C21H32N2O5/c1-5-6-12-23(13-14-24)19(25)18(15-22-20(26)28-21(2,3)4)27-16-17-10-8-7-9-11-17/h5,7-11,18,24H,1,6,12-16H2,2-4H3,(H,22,26)/t18-/m1/s1. The van der Waals surface area contributed by atoms with Crippen LogP contribution in [0.3, 0.4) is 0 Å². The number of nitrogens with one attached hydrogen (secondary N) is 1. The number of carbonyl (C=O) groups is 2. The molecule has 0 aliphatic heterocycles. The van der Waals surface area contributed by atoms with E-state index in [0.717, 1.165) is 5.56 Å². The van der Waals surface area contributed by atoms with Crippen molar-refractivity contribution in [1.29, 1.82) is 0 Å². The van der Waals surface area contributed by atoms with E-state index in [4.69, 9.17) is 9.47 Å². The third kappa shape index (κ3) is 9.53. The van der Waals surface area contributed by atoms with Gasteiger partial charge in [-0.2, -0.15) is 0 Å². The van der Waals surface area contributed by atoms with E-state index in [9.17, 15) is 14.7 Å². The zero-order valence-electron chi connectivity index (χ0n) is 17.0. The molecule has 0 unspecified atom stereocenters. The Hall–Kier alpha value is -2.38. The third-order valence-corrected chi connectivity index (χ3v) is 3.68. The average molecular weight is 392 g/mol. The van der Waals surface area contributed by atoms with Crippen molar-refractivity contribution >= 4 is 12.0 Å². The minimum Gasteiger partial charge on any atom is -0.444 e. The van der Waals surface area contributed by atoms with E-state index in [1.54, 1.807) is 26.8 Å². The first-order valence-corrected chi connectivity index (χ1v) is 9.39. The monoisotopic (exact) mass is 392 g/mol. The van der Waals surface area contributed by atoms with E-state index in [-0.39, 0.29) is 32.2 Å². The molecule has 0 aliphatic carbocycles. The van der Waals surface area contributed by atoms with Gasteiger partial charge in [-0.05, 0) is 32.8 Å². The number of hydrogen-bond acceptors (Lipinski definition) is 5. The van der Waals surface area contributed by atoms with Crippen LogP contribution in [0.5, 0.6) is 0 Å². The van der Waals surface area contributed by atoms with Gasteiger partial charge < -0.3 is 24.8 Å². The van der Waals surface area contributed by atoms with Crippen LogP contribution < -0.4 is 5.32 Å². The SMILES string of the molecule is C=CCCN(CCO)C(=O)[C@@H](CNC(=O)OC(C)(C)C)OCc1ccccc1. The first-order valence-electron chi connectivity index (χ1n) is 9.39. The quantitative estimate of drug-likeness (QED) is 0.565. The molecule has 1 aromatic rings. The number of carbonyl (C=O) groups excluding carboxylic acids is 2. The summed E-state index contributed by atoms with van der Waals surface area (Å²) in [7, 11) is 0. The van der Waals surface area contributed by atoms with Gasteiger partial charge >= 0.3 is 6.09 Å². The lowest BCUT2D eigenvalue weighted by Gasteiger charge is -2.27. The Balaban J connectivity index is 2.80. The van der Waals surface area contributed by atoms with Crippen molar-refractivity contribution in [3.8, 4) is 0 Å². The summed E-state index contributed by atoms with van der Waals surface area (Å²) in [6.07, 6.45) is 0.782. The molecule has 28 heavy (non-hydrogen) atoms. The predicted octanol–water partition coefficient (Wildman–Crippen LogP) is 2.49. The van der Waals surface area contributed by atoms with Crippen molar-refractivity contribution in [1.82, 2.24) is 10.2 Å². The number of rotatable bonds is 11. The summed E-state index contributed by atoms with van der Waals surface area (Å²) in [5.74, 6) is -0.303. The van der Waals surface area contributed by atoms with Crippen LogP contribution >= 0.6 is 0 Å². The predicted molar refractivity (Wildman–Crippen MR) is 108 cm³/mol. The summed E-state index contributed by atoms with van der Waals surface area (Å²) in [5.41, 5.74) is 0.277. The summed E-state index contributed by atoms with van der Waals surface area (Å²) in [6.45, 7) is 9.59. The minimum atomic E-state index is -0.899. The molecule has 7 nitrogen and oxygen atoms in total. The highest BCUT2D eigenvalue weighted by molar-refractivity contribution is 5.82. The van der Waals surface area contributed by atoms with Crippen LogP contribution in [0.1, 0.15) is 32.8 Å². The second-order valence-corrected chi connectivity index (χ2v) is 7.29. The Morgan fingerprint density at radius 1 is 1.25 bits per heavy atom. The molecular weight excluding hydrogens is 360 g/mol. The first kappa shape index (κ1) is 23.7. The molecule has 2 N–H and O–H groups in total. The van der Waals surface area contributed by atoms with Crippen molar-refractivity contribution in [3.63, 3.8) is 0 Å². The van der Waals surface area contributed by atoms with Crippen LogP contribution in [0.25, 0.3) is 0 Å². The number of ether oxygens (including phenoxy) is 2. The number of nitrogens with zero attached hydrogens (tertiary/aromatic N) is 1. The van der Waals surface area contributed by atoms with E-state index in [2.05, 4.69) is 11.9 Å². The molecule has 0 fully saturated rings. The highest BCUT2D eigenvalue weighted by Gasteiger charge is 2.26. The number of aliphatic hydroxyl groups excluding tert-OH is 1. The normalized spacial score (nSPS) is 12.1. The zero-order chi connectivity index (χ0) is 21.0. The Bertz CT molecular complexity index is 613. The van der Waals surface area contributed by atoms with Crippen molar-refractivity contribution in [2.45, 2.75) is 45.5 Å². The van der Waals surface area contributed by atoms with Gasteiger partial charge in [0.2, 0.25) is 0 Å². The summed E-state index contributed by atoms with van der Waals surface area (Å²) >= 11 is 0. The van der Waals surface area contributed by atoms with Gasteiger partial charge in [0, 0.05) is 13.1 Å². The molecule has 0 aliphatic rings. The van der Waals surface area contributed by atoms with Gasteiger partial charge in [-0.1, -0.05) is 36.4 Å². The lowest BCUT2D eigenvalue weighted by atomic mass is 10.2. The molecule has 156 valence electrons. The van der Waals surface area contributed by atoms with Gasteiger partial charge in [-0.3, -0.25) is 4.79 Å². The van der Waals surface area contributed by atoms with Crippen molar-refractivity contribution < 1.29 is 24.2 Å². The summed E-state index contributed by atoms with van der Waals surface area (Å²) < 4.78 is 11.0. The fourth-order valence-corrected chi connectivity index (χ4v) is 2.38. The lowest BCUT2D eigenvalue weighted by molar-refractivity contribution is -0.144. The van der Waals surface area contributed by atoms with E-state index in [1.807, 2.05) is 30.3 Å². The lowest BCUT2D eigenvalue weighted by Crippen LogP contribution is -2.48. The largest absolute Gasteiger partial charge is 0.444 e. The maximum atomic E-state index is 12.9. The van der Waals surface area contributed by atoms with E-state index < -0.39 is 17.8 Å². The highest BCUT2D eigenvalue weighted by Crippen LogP contribution is 2.09. The molecule has 2 amide bonds. The van der Waals surface area contributed by atoms with Crippen LogP contribution in [0, 0.1) is 0 Å². The van der Waals surface area contributed by atoms with E-state index in [1.165, 1.54) is 4.90 Å². The molecule has 1 rings (SSSR count). The molecule has 7 heteroatoms. The first-order chi connectivity index (χ1) is 13.3.